The summed E-state index contributed by atoms with van der Waals surface area (Å²) in [5.41, 5.74) is 2.51. The van der Waals surface area contributed by atoms with Gasteiger partial charge >= 0.3 is 0 Å². The van der Waals surface area contributed by atoms with Crippen LogP contribution in [0.3, 0.4) is 0 Å². The Morgan fingerprint density at radius 3 is 2.55 bits per heavy atom. The summed E-state index contributed by atoms with van der Waals surface area (Å²) < 4.78 is 5.14. The van der Waals surface area contributed by atoms with Crippen LogP contribution in [0.25, 0.3) is 11.1 Å². The van der Waals surface area contributed by atoms with E-state index in [0.717, 1.165) is 21.9 Å². The van der Waals surface area contributed by atoms with Crippen LogP contribution in [0.1, 0.15) is 5.56 Å². The van der Waals surface area contributed by atoms with Crippen LogP contribution in [0.2, 0.25) is 0 Å². The molecule has 1 aromatic heterocycles. The Hall–Kier alpha value is -2.32. The molecule has 0 aliphatic heterocycles. The second kappa shape index (κ2) is 6.22. The third-order valence-electron chi connectivity index (χ3n) is 2.69. The van der Waals surface area contributed by atoms with Gasteiger partial charge in [0, 0.05) is 25.0 Å². The molecule has 1 heterocycles. The minimum absolute atomic E-state index is 0.610. The fourth-order valence-corrected chi connectivity index (χ4v) is 2.57. The molecule has 4 nitrogen and oxygen atoms in total. The maximum atomic E-state index is 9.36. The van der Waals surface area contributed by atoms with Crippen molar-refractivity contribution in [3.05, 3.63) is 35.2 Å². The molecule has 20 heavy (non-hydrogen) atoms. The molecule has 0 N–H and O–H groups in total. The molecule has 0 fully saturated rings. The van der Waals surface area contributed by atoms with Gasteiger partial charge in [0.1, 0.15) is 16.8 Å². The molecule has 0 bridgehead atoms. The van der Waals surface area contributed by atoms with E-state index in [-0.39, 0.29) is 0 Å². The Bertz CT molecular complexity index is 651. The van der Waals surface area contributed by atoms with E-state index in [2.05, 4.69) is 11.1 Å². The van der Waals surface area contributed by atoms with E-state index in [4.69, 9.17) is 4.74 Å². The van der Waals surface area contributed by atoms with Gasteiger partial charge in [-0.25, -0.2) is 4.99 Å². The molecular weight excluding hydrogens is 270 g/mol. The van der Waals surface area contributed by atoms with Gasteiger partial charge in [0.25, 0.3) is 0 Å². The molecule has 0 unspecified atom stereocenters. The Kier molecular flexibility index (Phi) is 4.38. The fraction of sp³-hybridized carbons (Fsp3) is 0.200. The van der Waals surface area contributed by atoms with Crippen LogP contribution in [0.5, 0.6) is 5.75 Å². The SMILES string of the molecule is COc1ccc(-c2csc(N=CN(C)C)c2C#N)cc1. The monoisotopic (exact) mass is 285 g/mol. The minimum atomic E-state index is 0.610. The van der Waals surface area contributed by atoms with Crippen LogP contribution >= 0.6 is 11.3 Å². The van der Waals surface area contributed by atoms with Crippen LogP contribution in [-0.4, -0.2) is 32.4 Å². The summed E-state index contributed by atoms with van der Waals surface area (Å²) in [6.07, 6.45) is 1.70. The van der Waals surface area contributed by atoms with Gasteiger partial charge in [-0.3, -0.25) is 0 Å². The standard InChI is InChI=1S/C15H15N3OS/c1-18(2)10-17-15-13(8-16)14(9-20-15)11-4-6-12(19-3)7-5-11/h4-7,9-10H,1-3H3. The van der Waals surface area contributed by atoms with Gasteiger partial charge in [0.05, 0.1) is 19.0 Å². The zero-order chi connectivity index (χ0) is 14.5. The van der Waals surface area contributed by atoms with Crippen molar-refractivity contribution in [3.63, 3.8) is 0 Å². The Morgan fingerprint density at radius 1 is 1.30 bits per heavy atom. The third kappa shape index (κ3) is 2.98. The molecule has 0 saturated heterocycles. The number of nitriles is 1. The highest BCUT2D eigenvalue weighted by atomic mass is 32.1. The van der Waals surface area contributed by atoms with Crippen LogP contribution < -0.4 is 4.74 Å². The summed E-state index contributed by atoms with van der Waals surface area (Å²) in [6, 6.07) is 9.90. The molecule has 5 heteroatoms. The average molecular weight is 285 g/mol. The van der Waals surface area contributed by atoms with Crippen LogP contribution in [0.4, 0.5) is 5.00 Å². The lowest BCUT2D eigenvalue weighted by Crippen LogP contribution is -2.06. The molecule has 102 valence electrons. The predicted molar refractivity (Wildman–Crippen MR) is 82.9 cm³/mol. The summed E-state index contributed by atoms with van der Waals surface area (Å²) in [5.74, 6) is 0.799. The third-order valence-corrected chi connectivity index (χ3v) is 3.58. The second-order valence-corrected chi connectivity index (χ2v) is 5.24. The van der Waals surface area contributed by atoms with Gasteiger partial charge in [-0.05, 0) is 17.7 Å². The van der Waals surface area contributed by atoms with E-state index < -0.39 is 0 Å². The van der Waals surface area contributed by atoms with Gasteiger partial charge in [0.2, 0.25) is 0 Å². The quantitative estimate of drug-likeness (QED) is 0.638. The van der Waals surface area contributed by atoms with E-state index in [1.54, 1.807) is 13.4 Å². The van der Waals surface area contributed by atoms with E-state index in [9.17, 15) is 5.26 Å². The van der Waals surface area contributed by atoms with Gasteiger partial charge in [0.15, 0.2) is 0 Å². The van der Waals surface area contributed by atoms with Crippen molar-refractivity contribution >= 4 is 22.7 Å². The highest BCUT2D eigenvalue weighted by Gasteiger charge is 2.12. The molecule has 0 saturated carbocycles. The molecule has 1 aromatic carbocycles. The zero-order valence-corrected chi connectivity index (χ0v) is 12.4. The average Bonchev–Trinajstić information content (AvgIpc) is 2.88. The number of methoxy groups -OCH3 is 1. The first-order valence-electron chi connectivity index (χ1n) is 6.02. The molecule has 0 spiro atoms. The fourth-order valence-electron chi connectivity index (χ4n) is 1.70. The van der Waals surface area contributed by atoms with Crippen molar-refractivity contribution in [1.82, 2.24) is 4.90 Å². The minimum Gasteiger partial charge on any atom is -0.497 e. The first kappa shape index (κ1) is 14.1. The van der Waals surface area contributed by atoms with Gasteiger partial charge in [-0.2, -0.15) is 5.26 Å². The number of rotatable bonds is 4. The number of benzene rings is 1. The number of ether oxygens (including phenoxy) is 1. The Morgan fingerprint density at radius 2 is 2.00 bits per heavy atom. The zero-order valence-electron chi connectivity index (χ0n) is 11.6. The summed E-state index contributed by atoms with van der Waals surface area (Å²) in [6.45, 7) is 0. The largest absolute Gasteiger partial charge is 0.497 e. The number of hydrogen-bond donors (Lipinski definition) is 0. The van der Waals surface area contributed by atoms with Gasteiger partial charge in [-0.1, -0.05) is 12.1 Å². The Balaban J connectivity index is 2.39. The maximum Gasteiger partial charge on any atom is 0.136 e. The summed E-state index contributed by atoms with van der Waals surface area (Å²) in [5, 5.41) is 12.0. The lowest BCUT2D eigenvalue weighted by molar-refractivity contribution is 0.415. The Labute approximate surface area is 122 Å². The van der Waals surface area contributed by atoms with E-state index >= 15 is 0 Å². The molecule has 2 rings (SSSR count). The van der Waals surface area contributed by atoms with Crippen LogP contribution in [0.15, 0.2) is 34.6 Å². The van der Waals surface area contributed by atoms with E-state index in [1.807, 2.05) is 48.6 Å². The van der Waals surface area contributed by atoms with Crippen molar-refractivity contribution in [2.75, 3.05) is 21.2 Å². The summed E-state index contributed by atoms with van der Waals surface area (Å²) >= 11 is 1.47. The van der Waals surface area contributed by atoms with E-state index in [1.165, 1.54) is 11.3 Å². The molecular formula is C15H15N3OS. The highest BCUT2D eigenvalue weighted by molar-refractivity contribution is 7.14. The van der Waals surface area contributed by atoms with E-state index in [0.29, 0.717) is 5.56 Å². The number of aliphatic imine (C=N–C) groups is 1. The summed E-state index contributed by atoms with van der Waals surface area (Å²) in [4.78, 5) is 6.17. The van der Waals surface area contributed by atoms with Crippen molar-refractivity contribution in [2.24, 2.45) is 4.99 Å². The van der Waals surface area contributed by atoms with Crippen molar-refractivity contribution in [3.8, 4) is 22.9 Å². The smallest absolute Gasteiger partial charge is 0.136 e. The van der Waals surface area contributed by atoms with Crippen LogP contribution in [-0.2, 0) is 0 Å². The second-order valence-electron chi connectivity index (χ2n) is 4.38. The number of nitrogens with zero attached hydrogens (tertiary/aromatic N) is 3. The predicted octanol–water partition coefficient (Wildman–Crippen LogP) is 3.52. The summed E-state index contributed by atoms with van der Waals surface area (Å²) in [7, 11) is 5.43. The first-order chi connectivity index (χ1) is 9.65. The topological polar surface area (TPSA) is 48.6 Å². The first-order valence-corrected chi connectivity index (χ1v) is 6.90. The van der Waals surface area contributed by atoms with Crippen LogP contribution in [0, 0.1) is 11.3 Å². The molecule has 0 radical (unpaired) electrons. The van der Waals surface area contributed by atoms with Crippen molar-refractivity contribution in [1.29, 1.82) is 5.26 Å². The number of thiophene rings is 1. The lowest BCUT2D eigenvalue weighted by atomic mass is 10.0. The molecule has 0 atom stereocenters. The highest BCUT2D eigenvalue weighted by Crippen LogP contribution is 2.37. The maximum absolute atomic E-state index is 9.36. The molecule has 0 aliphatic rings. The molecule has 2 aromatic rings. The molecule has 0 amide bonds. The lowest BCUT2D eigenvalue weighted by Gasteiger charge is -2.03. The van der Waals surface area contributed by atoms with Crippen molar-refractivity contribution in [2.45, 2.75) is 0 Å². The van der Waals surface area contributed by atoms with Crippen molar-refractivity contribution < 1.29 is 4.74 Å². The molecule has 0 aliphatic carbocycles. The van der Waals surface area contributed by atoms with Gasteiger partial charge in [-0.15, -0.1) is 11.3 Å². The normalized spacial score (nSPS) is 10.5. The van der Waals surface area contributed by atoms with Gasteiger partial charge < -0.3 is 9.64 Å². The number of hydrogen-bond acceptors (Lipinski definition) is 4.